The highest BCUT2D eigenvalue weighted by molar-refractivity contribution is 7.90. The summed E-state index contributed by atoms with van der Waals surface area (Å²) in [5, 5.41) is 1.40. The van der Waals surface area contributed by atoms with Gasteiger partial charge >= 0.3 is 0 Å². The lowest BCUT2D eigenvalue weighted by Gasteiger charge is -2.32. The Bertz CT molecular complexity index is 268. The lowest BCUT2D eigenvalue weighted by Crippen LogP contribution is -2.53. The Morgan fingerprint density at radius 1 is 1.14 bits per heavy atom. The maximum Gasteiger partial charge on any atom is 0.226 e. The number of nitrogens with zero attached hydrogens (tertiary/aromatic N) is 2. The molecule has 1 saturated heterocycles. The van der Waals surface area contributed by atoms with Crippen LogP contribution in [0.5, 0.6) is 0 Å². The lowest BCUT2D eigenvalue weighted by molar-refractivity contribution is 0.134. The van der Waals surface area contributed by atoms with Crippen LogP contribution >= 0.6 is 0 Å². The van der Waals surface area contributed by atoms with Crippen LogP contribution in [0.2, 0.25) is 0 Å². The lowest BCUT2D eigenvalue weighted by atomic mass is 10.4. The van der Waals surface area contributed by atoms with Gasteiger partial charge < -0.3 is 4.90 Å². The van der Waals surface area contributed by atoms with Crippen molar-refractivity contribution in [1.82, 2.24) is 14.7 Å². The molecule has 1 N–H and O–H groups in total. The summed E-state index contributed by atoms with van der Waals surface area (Å²) in [7, 11) is -1.12. The molecule has 14 heavy (non-hydrogen) atoms. The quantitative estimate of drug-likeness (QED) is 0.696. The molecule has 1 fully saturated rings. The van der Waals surface area contributed by atoms with E-state index >= 15 is 0 Å². The normalized spacial score (nSPS) is 21.7. The summed E-state index contributed by atoms with van der Waals surface area (Å²) in [6, 6.07) is 0. The number of likely N-dealkylation sites (N-methyl/N-ethyl adjacent to an activating group) is 1. The molecule has 0 saturated carbocycles. The van der Waals surface area contributed by atoms with Gasteiger partial charge in [-0.05, 0) is 20.9 Å². The smallest absolute Gasteiger partial charge is 0.226 e. The van der Waals surface area contributed by atoms with Crippen molar-refractivity contribution in [3.8, 4) is 0 Å². The van der Waals surface area contributed by atoms with Crippen molar-refractivity contribution in [1.29, 1.82) is 0 Å². The van der Waals surface area contributed by atoms with Crippen molar-refractivity contribution in [3.05, 3.63) is 0 Å². The molecule has 1 heterocycles. The van der Waals surface area contributed by atoms with Gasteiger partial charge in [0.15, 0.2) is 0 Å². The Labute approximate surface area is 86.1 Å². The number of hydrogen-bond acceptors (Lipinski definition) is 4. The molecule has 0 aromatic rings. The van der Waals surface area contributed by atoms with Gasteiger partial charge in [-0.3, -0.25) is 0 Å². The van der Waals surface area contributed by atoms with Gasteiger partial charge in [-0.2, -0.15) is 0 Å². The largest absolute Gasteiger partial charge is 0.304 e. The summed E-state index contributed by atoms with van der Waals surface area (Å²) in [6.45, 7) is 6.67. The second kappa shape index (κ2) is 4.57. The van der Waals surface area contributed by atoms with Crippen LogP contribution in [0.25, 0.3) is 0 Å². The fraction of sp³-hybridized carbons (Fsp3) is 1.00. The van der Waals surface area contributed by atoms with Crippen molar-refractivity contribution in [2.24, 2.45) is 0 Å². The van der Waals surface area contributed by atoms with Crippen molar-refractivity contribution in [3.63, 3.8) is 0 Å². The van der Waals surface area contributed by atoms with E-state index in [0.29, 0.717) is 0 Å². The zero-order valence-corrected chi connectivity index (χ0v) is 9.84. The highest BCUT2D eigenvalue weighted by Gasteiger charge is 2.21. The highest BCUT2D eigenvalue weighted by atomic mass is 32.2. The van der Waals surface area contributed by atoms with Gasteiger partial charge in [0, 0.05) is 26.2 Å². The third-order valence-corrected chi connectivity index (χ3v) is 4.13. The molecule has 0 spiro atoms. The van der Waals surface area contributed by atoms with Gasteiger partial charge in [0.2, 0.25) is 10.0 Å². The number of rotatable bonds is 3. The van der Waals surface area contributed by atoms with Gasteiger partial charge in [0.05, 0.1) is 5.25 Å². The van der Waals surface area contributed by atoms with Crippen molar-refractivity contribution in [2.75, 3.05) is 33.2 Å². The number of hydrazine groups is 1. The Balaban J connectivity index is 2.46. The summed E-state index contributed by atoms with van der Waals surface area (Å²) in [5.41, 5.74) is 0. The van der Waals surface area contributed by atoms with Crippen LogP contribution in [0, 0.1) is 0 Å². The van der Waals surface area contributed by atoms with Crippen molar-refractivity contribution < 1.29 is 8.42 Å². The minimum atomic E-state index is -3.16. The molecule has 0 amide bonds. The molecule has 5 nitrogen and oxygen atoms in total. The topological polar surface area (TPSA) is 52.7 Å². The number of hydrogen-bond donors (Lipinski definition) is 1. The van der Waals surface area contributed by atoms with E-state index in [4.69, 9.17) is 0 Å². The van der Waals surface area contributed by atoms with E-state index in [-0.39, 0.29) is 5.25 Å². The maximum absolute atomic E-state index is 11.5. The van der Waals surface area contributed by atoms with E-state index in [1.165, 1.54) is 0 Å². The Morgan fingerprint density at radius 2 is 1.64 bits per heavy atom. The number of piperazine rings is 1. The standard InChI is InChI=1S/C8H19N3O2S/c1-8(2)14(12,13)9-11-6-4-10(3)5-7-11/h8-9H,4-7H2,1-3H3. The minimum absolute atomic E-state index is 0.373. The van der Waals surface area contributed by atoms with E-state index < -0.39 is 10.0 Å². The monoisotopic (exact) mass is 221 g/mol. The minimum Gasteiger partial charge on any atom is -0.304 e. The molecule has 0 atom stereocenters. The molecular formula is C8H19N3O2S. The van der Waals surface area contributed by atoms with Crippen LogP contribution in [0.1, 0.15) is 13.8 Å². The molecule has 1 aliphatic rings. The first kappa shape index (κ1) is 11.9. The fourth-order valence-electron chi connectivity index (χ4n) is 1.18. The molecule has 0 aliphatic carbocycles. The average molecular weight is 221 g/mol. The van der Waals surface area contributed by atoms with Crippen LogP contribution in [-0.2, 0) is 10.0 Å². The summed E-state index contributed by atoms with van der Waals surface area (Å²) in [5.74, 6) is 0. The summed E-state index contributed by atoms with van der Waals surface area (Å²) < 4.78 is 23.0. The SMILES string of the molecule is CC(C)S(=O)(=O)NN1CCN(C)CC1. The first-order valence-electron chi connectivity index (χ1n) is 4.86. The molecule has 0 aromatic carbocycles. The second-order valence-corrected chi connectivity index (χ2v) is 6.19. The molecule has 0 bridgehead atoms. The molecule has 0 radical (unpaired) electrons. The molecule has 0 unspecified atom stereocenters. The number of nitrogens with one attached hydrogen (secondary N) is 1. The Morgan fingerprint density at radius 3 is 2.07 bits per heavy atom. The highest BCUT2D eigenvalue weighted by Crippen LogP contribution is 2.01. The second-order valence-electron chi connectivity index (χ2n) is 3.98. The average Bonchev–Trinajstić information content (AvgIpc) is 2.08. The van der Waals surface area contributed by atoms with Gasteiger partial charge in [0.25, 0.3) is 0 Å². The molecule has 1 rings (SSSR count). The van der Waals surface area contributed by atoms with Crippen molar-refractivity contribution in [2.45, 2.75) is 19.1 Å². The molecule has 0 aromatic heterocycles. The van der Waals surface area contributed by atoms with Crippen LogP contribution in [0.4, 0.5) is 0 Å². The van der Waals surface area contributed by atoms with E-state index in [1.54, 1.807) is 18.9 Å². The van der Waals surface area contributed by atoms with E-state index in [0.717, 1.165) is 26.2 Å². The van der Waals surface area contributed by atoms with Gasteiger partial charge in [-0.15, -0.1) is 4.83 Å². The molecule has 6 heteroatoms. The van der Waals surface area contributed by atoms with Gasteiger partial charge in [0.1, 0.15) is 0 Å². The Kier molecular flexibility index (Phi) is 3.88. The summed E-state index contributed by atoms with van der Waals surface area (Å²) in [6.07, 6.45) is 0. The zero-order chi connectivity index (χ0) is 10.8. The van der Waals surface area contributed by atoms with E-state index in [2.05, 4.69) is 9.73 Å². The molecule has 84 valence electrons. The van der Waals surface area contributed by atoms with Crippen LogP contribution < -0.4 is 4.83 Å². The number of sulfonamides is 1. The predicted molar refractivity (Wildman–Crippen MR) is 56.3 cm³/mol. The summed E-state index contributed by atoms with van der Waals surface area (Å²) in [4.78, 5) is 4.77. The first-order valence-corrected chi connectivity index (χ1v) is 6.41. The van der Waals surface area contributed by atoms with Crippen LogP contribution in [0.15, 0.2) is 0 Å². The first-order chi connectivity index (χ1) is 6.42. The third kappa shape index (κ3) is 3.20. The van der Waals surface area contributed by atoms with E-state index in [1.807, 2.05) is 7.05 Å². The fourth-order valence-corrected chi connectivity index (χ4v) is 1.94. The van der Waals surface area contributed by atoms with Crippen LogP contribution in [-0.4, -0.2) is 56.8 Å². The Hall–Kier alpha value is -0.170. The maximum atomic E-state index is 11.5. The molecular weight excluding hydrogens is 202 g/mol. The van der Waals surface area contributed by atoms with Crippen LogP contribution in [0.3, 0.4) is 0 Å². The molecule has 1 aliphatic heterocycles. The van der Waals surface area contributed by atoms with Gasteiger partial charge in [-0.1, -0.05) is 0 Å². The summed E-state index contributed by atoms with van der Waals surface area (Å²) >= 11 is 0. The van der Waals surface area contributed by atoms with Gasteiger partial charge in [-0.25, -0.2) is 13.4 Å². The third-order valence-electron chi connectivity index (χ3n) is 2.38. The predicted octanol–water partition coefficient (Wildman–Crippen LogP) is -0.523. The van der Waals surface area contributed by atoms with Crippen molar-refractivity contribution >= 4 is 10.0 Å². The van der Waals surface area contributed by atoms with E-state index in [9.17, 15) is 8.42 Å². The zero-order valence-electron chi connectivity index (χ0n) is 9.02.